The molecular weight excluding hydrogens is 328 g/mol. The summed E-state index contributed by atoms with van der Waals surface area (Å²) in [5.74, 6) is -2.67. The van der Waals surface area contributed by atoms with E-state index >= 15 is 0 Å². The summed E-state index contributed by atoms with van der Waals surface area (Å²) < 4.78 is 0. The lowest BCUT2D eigenvalue weighted by Crippen LogP contribution is -2.35. The van der Waals surface area contributed by atoms with E-state index in [2.05, 4.69) is 15.3 Å². The Kier molecular flexibility index (Phi) is 7.80. The van der Waals surface area contributed by atoms with Crippen LogP contribution in [-0.4, -0.2) is 50.6 Å². The number of nitrogens with two attached hydrogens (primary N) is 1. The first-order valence-corrected chi connectivity index (χ1v) is 7.34. The van der Waals surface area contributed by atoms with Crippen molar-refractivity contribution in [3.8, 4) is 0 Å². The molecular formula is C16H20N4O5. The van der Waals surface area contributed by atoms with E-state index < -0.39 is 18.0 Å². The first-order chi connectivity index (χ1) is 11.8. The molecule has 1 heterocycles. The maximum Gasteiger partial charge on any atom is 0.322 e. The number of hydrogen-bond donors (Lipinski definition) is 5. The number of rotatable bonds is 6. The molecule has 0 aliphatic rings. The molecule has 2 rings (SSSR count). The summed E-state index contributed by atoms with van der Waals surface area (Å²) in [5.41, 5.74) is 6.61. The van der Waals surface area contributed by atoms with Crippen LogP contribution in [0.5, 0.6) is 0 Å². The Balaban J connectivity index is 0.000000251. The van der Waals surface area contributed by atoms with Gasteiger partial charge in [0.05, 0.1) is 6.33 Å². The van der Waals surface area contributed by atoms with Gasteiger partial charge in [-0.05, 0) is 12.1 Å². The summed E-state index contributed by atoms with van der Waals surface area (Å²) >= 11 is 0. The van der Waals surface area contributed by atoms with Gasteiger partial charge in [0.2, 0.25) is 0 Å². The Bertz CT molecular complexity index is 688. The normalized spacial score (nSPS) is 12.2. The molecule has 0 fully saturated rings. The largest absolute Gasteiger partial charge is 0.480 e. The highest BCUT2D eigenvalue weighted by Crippen LogP contribution is 2.14. The van der Waals surface area contributed by atoms with Gasteiger partial charge in [0.25, 0.3) is 5.91 Å². The fraction of sp³-hybridized carbons (Fsp3) is 0.250. The van der Waals surface area contributed by atoms with E-state index in [4.69, 9.17) is 15.9 Å². The van der Waals surface area contributed by atoms with Crippen LogP contribution in [0.15, 0.2) is 42.9 Å². The lowest BCUT2D eigenvalue weighted by Gasteiger charge is -2.13. The average Bonchev–Trinajstić information content (AvgIpc) is 3.14. The number of imidazole rings is 1. The Morgan fingerprint density at radius 1 is 1.24 bits per heavy atom. The number of nitrogens with zero attached hydrogens (tertiary/aromatic N) is 1. The van der Waals surface area contributed by atoms with Crippen LogP contribution in [0.2, 0.25) is 0 Å². The summed E-state index contributed by atoms with van der Waals surface area (Å²) in [4.78, 5) is 38.4. The molecule has 0 saturated carbocycles. The van der Waals surface area contributed by atoms with Crippen molar-refractivity contribution in [1.82, 2.24) is 15.3 Å². The molecule has 0 radical (unpaired) electrons. The van der Waals surface area contributed by atoms with Crippen LogP contribution in [0.1, 0.15) is 28.9 Å². The van der Waals surface area contributed by atoms with Crippen LogP contribution >= 0.6 is 0 Å². The molecule has 2 atom stereocenters. The van der Waals surface area contributed by atoms with Crippen molar-refractivity contribution in [3.63, 3.8) is 0 Å². The number of H-pyrrole nitrogens is 1. The topological polar surface area (TPSA) is 158 Å². The number of hydrogen-bond acceptors (Lipinski definition) is 5. The number of carboxylic acids is 2. The molecule has 0 bridgehead atoms. The van der Waals surface area contributed by atoms with E-state index in [0.29, 0.717) is 5.56 Å². The number of carboxylic acid groups (broad SMARTS) is 2. The van der Waals surface area contributed by atoms with E-state index in [0.717, 1.165) is 5.69 Å². The molecule has 2 aromatic rings. The minimum Gasteiger partial charge on any atom is -0.480 e. The molecule has 0 aliphatic heterocycles. The van der Waals surface area contributed by atoms with Gasteiger partial charge in [-0.2, -0.15) is 0 Å². The third-order valence-corrected chi connectivity index (χ3v) is 3.27. The average molecular weight is 348 g/mol. The lowest BCUT2D eigenvalue weighted by atomic mass is 10.0. The molecule has 1 amide bonds. The molecule has 25 heavy (non-hydrogen) atoms. The highest BCUT2D eigenvalue weighted by Gasteiger charge is 2.22. The van der Waals surface area contributed by atoms with Crippen molar-refractivity contribution < 1.29 is 24.6 Å². The monoisotopic (exact) mass is 348 g/mol. The molecule has 1 aromatic heterocycles. The number of benzene rings is 1. The van der Waals surface area contributed by atoms with Gasteiger partial charge in [-0.1, -0.05) is 25.1 Å². The zero-order valence-electron chi connectivity index (χ0n) is 13.5. The zero-order valence-corrected chi connectivity index (χ0v) is 13.5. The van der Waals surface area contributed by atoms with Crippen molar-refractivity contribution in [3.05, 3.63) is 54.1 Å². The van der Waals surface area contributed by atoms with E-state index in [9.17, 15) is 14.4 Å². The smallest absolute Gasteiger partial charge is 0.322 e. The molecule has 0 spiro atoms. The fourth-order valence-electron chi connectivity index (χ4n) is 1.77. The van der Waals surface area contributed by atoms with Crippen LogP contribution in [0, 0.1) is 0 Å². The van der Waals surface area contributed by atoms with E-state index in [1.807, 2.05) is 0 Å². The molecule has 0 saturated heterocycles. The van der Waals surface area contributed by atoms with Crippen molar-refractivity contribution in [2.24, 2.45) is 5.73 Å². The first-order valence-electron chi connectivity index (χ1n) is 7.34. The summed E-state index contributed by atoms with van der Waals surface area (Å²) in [6.07, 6.45) is 3.08. The third-order valence-electron chi connectivity index (χ3n) is 3.27. The van der Waals surface area contributed by atoms with Gasteiger partial charge in [0.1, 0.15) is 12.6 Å². The lowest BCUT2D eigenvalue weighted by molar-refractivity contribution is -0.139. The molecule has 9 heteroatoms. The number of aliphatic carboxylic acids is 2. The van der Waals surface area contributed by atoms with Crippen LogP contribution in [0.4, 0.5) is 0 Å². The number of carbonyl (C=O) groups is 3. The van der Waals surface area contributed by atoms with Crippen molar-refractivity contribution >= 4 is 17.8 Å². The van der Waals surface area contributed by atoms with E-state index in [1.165, 1.54) is 6.33 Å². The van der Waals surface area contributed by atoms with Crippen molar-refractivity contribution in [2.75, 3.05) is 6.54 Å². The molecule has 1 unspecified atom stereocenters. The van der Waals surface area contributed by atoms with Crippen LogP contribution in [0.25, 0.3) is 0 Å². The number of nitrogens with one attached hydrogen (secondary N) is 2. The second-order valence-corrected chi connectivity index (χ2v) is 5.10. The van der Waals surface area contributed by atoms with E-state index in [1.54, 1.807) is 43.5 Å². The molecule has 6 N–H and O–H groups in total. The Labute approximate surface area is 143 Å². The van der Waals surface area contributed by atoms with Gasteiger partial charge >= 0.3 is 11.9 Å². The Hall–Kier alpha value is -3.20. The minimum absolute atomic E-state index is 0.245. The van der Waals surface area contributed by atoms with Crippen LogP contribution in [-0.2, 0) is 9.59 Å². The molecule has 0 aliphatic carbocycles. The molecule has 134 valence electrons. The highest BCUT2D eigenvalue weighted by atomic mass is 16.4. The van der Waals surface area contributed by atoms with Crippen LogP contribution < -0.4 is 11.1 Å². The predicted molar refractivity (Wildman–Crippen MR) is 89.0 cm³/mol. The summed E-state index contributed by atoms with van der Waals surface area (Å²) in [7, 11) is 0. The molecule has 1 aromatic carbocycles. The number of carbonyl (C=O) groups excluding carboxylic acids is 1. The standard InChI is InChI=1S/C9H9NO3.C7H11N3O2/c11-8(12)6-10-9(13)7-4-2-1-3-5-7;1-4(6(8)7(11)12)5-2-9-3-10-5/h1-5H,6H2,(H,10,13)(H,11,12);2-4,6H,8H2,1H3,(H,9,10)(H,11,12)/t;4?,6-/m.0/s1. The Morgan fingerprint density at radius 3 is 2.36 bits per heavy atom. The predicted octanol–water partition coefficient (Wildman–Crippen LogP) is 0.426. The van der Waals surface area contributed by atoms with Crippen molar-refractivity contribution in [1.29, 1.82) is 0 Å². The first kappa shape index (κ1) is 19.8. The number of aromatic nitrogens is 2. The van der Waals surface area contributed by atoms with Gasteiger partial charge in [0, 0.05) is 23.4 Å². The highest BCUT2D eigenvalue weighted by molar-refractivity contribution is 5.95. The summed E-state index contributed by atoms with van der Waals surface area (Å²) in [5, 5.41) is 19.1. The third kappa shape index (κ3) is 6.83. The fourth-order valence-corrected chi connectivity index (χ4v) is 1.77. The van der Waals surface area contributed by atoms with E-state index in [-0.39, 0.29) is 18.4 Å². The number of aromatic amines is 1. The summed E-state index contributed by atoms with van der Waals surface area (Å²) in [6.45, 7) is 1.39. The van der Waals surface area contributed by atoms with Gasteiger partial charge in [0.15, 0.2) is 0 Å². The maximum atomic E-state index is 11.2. The number of amides is 1. The SMILES string of the molecule is CC(c1cnc[nH]1)[C@H](N)C(=O)O.O=C(O)CNC(=O)c1ccccc1. The zero-order chi connectivity index (χ0) is 18.8. The second-order valence-electron chi connectivity index (χ2n) is 5.10. The maximum absolute atomic E-state index is 11.2. The Morgan fingerprint density at radius 2 is 1.88 bits per heavy atom. The van der Waals surface area contributed by atoms with Gasteiger partial charge in [-0.3, -0.25) is 14.4 Å². The minimum atomic E-state index is -1.05. The van der Waals surface area contributed by atoms with Crippen molar-refractivity contribution in [2.45, 2.75) is 18.9 Å². The quantitative estimate of drug-likeness (QED) is 0.506. The van der Waals surface area contributed by atoms with Gasteiger partial charge in [-0.25, -0.2) is 4.98 Å². The van der Waals surface area contributed by atoms with Gasteiger partial charge in [-0.15, -0.1) is 0 Å². The molecule has 9 nitrogen and oxygen atoms in total. The van der Waals surface area contributed by atoms with Gasteiger partial charge < -0.3 is 26.2 Å². The second kappa shape index (κ2) is 9.83. The summed E-state index contributed by atoms with van der Waals surface area (Å²) in [6, 6.07) is 7.58. The van der Waals surface area contributed by atoms with Crippen LogP contribution in [0.3, 0.4) is 0 Å².